The van der Waals surface area contributed by atoms with E-state index in [2.05, 4.69) is 10.3 Å². The monoisotopic (exact) mass is 379 g/mol. The summed E-state index contributed by atoms with van der Waals surface area (Å²) in [5.74, 6) is 1.46. The summed E-state index contributed by atoms with van der Waals surface area (Å²) in [6, 6.07) is 2.88. The van der Waals surface area contributed by atoms with Crippen molar-refractivity contribution in [3.8, 4) is 5.88 Å². The number of urea groups is 1. The van der Waals surface area contributed by atoms with E-state index in [4.69, 9.17) is 9.47 Å². The van der Waals surface area contributed by atoms with Crippen LogP contribution in [0.5, 0.6) is 5.88 Å². The van der Waals surface area contributed by atoms with Gasteiger partial charge in [0.25, 0.3) is 5.91 Å². The Balaban J connectivity index is 1.31. The number of allylic oxidation sites excluding steroid dienone is 2. The molecule has 4 aliphatic rings. The second-order valence-corrected chi connectivity index (χ2v) is 8.10. The minimum absolute atomic E-state index is 0.153. The van der Waals surface area contributed by atoms with E-state index in [1.807, 2.05) is 18.4 Å². The zero-order chi connectivity index (χ0) is 19.5. The first-order valence-corrected chi connectivity index (χ1v) is 9.49. The molecule has 0 radical (unpaired) electrons. The van der Waals surface area contributed by atoms with Crippen LogP contribution in [0, 0.1) is 5.92 Å². The number of imide groups is 1. The van der Waals surface area contributed by atoms with Crippen LogP contribution in [0.3, 0.4) is 0 Å². The van der Waals surface area contributed by atoms with Gasteiger partial charge >= 0.3 is 6.03 Å². The molecule has 2 aliphatic heterocycles. The van der Waals surface area contributed by atoms with Crippen molar-refractivity contribution < 1.29 is 19.1 Å². The zero-order valence-corrected chi connectivity index (χ0v) is 15.8. The molecule has 0 bridgehead atoms. The maximum absolute atomic E-state index is 12.4. The van der Waals surface area contributed by atoms with Crippen molar-refractivity contribution in [1.29, 1.82) is 0 Å². The summed E-state index contributed by atoms with van der Waals surface area (Å²) in [7, 11) is 0. The fraction of sp³-hybridized carbons (Fsp3) is 0.381. The summed E-state index contributed by atoms with van der Waals surface area (Å²) in [4.78, 5) is 29.9. The van der Waals surface area contributed by atoms with E-state index in [9.17, 15) is 9.59 Å². The minimum atomic E-state index is -0.919. The van der Waals surface area contributed by atoms with E-state index in [1.54, 1.807) is 26.0 Å². The maximum atomic E-state index is 12.4. The molecule has 7 nitrogen and oxygen atoms in total. The third kappa shape index (κ3) is 2.78. The molecule has 1 aromatic rings. The number of rotatable bonds is 4. The molecule has 5 rings (SSSR count). The van der Waals surface area contributed by atoms with Crippen molar-refractivity contribution in [3.05, 3.63) is 53.6 Å². The molecule has 28 heavy (non-hydrogen) atoms. The molecule has 2 aliphatic carbocycles. The SMILES string of the molecule is CC1(C)NC(=O)N(c2ccc(OC3=CCC4=COC(C5CC5)C4=C3)nc2)C1=O. The summed E-state index contributed by atoms with van der Waals surface area (Å²) in [5, 5.41) is 2.66. The smallest absolute Gasteiger partial charge is 0.329 e. The van der Waals surface area contributed by atoms with Gasteiger partial charge in [-0.15, -0.1) is 0 Å². The minimum Gasteiger partial charge on any atom is -0.493 e. The molecule has 2 fully saturated rings. The lowest BCUT2D eigenvalue weighted by Crippen LogP contribution is -2.40. The van der Waals surface area contributed by atoms with Gasteiger partial charge in [-0.3, -0.25) is 4.79 Å². The van der Waals surface area contributed by atoms with E-state index in [0.29, 0.717) is 17.5 Å². The van der Waals surface area contributed by atoms with Crippen molar-refractivity contribution in [2.75, 3.05) is 4.90 Å². The van der Waals surface area contributed by atoms with Gasteiger partial charge in [-0.25, -0.2) is 14.7 Å². The van der Waals surface area contributed by atoms with Crippen LogP contribution in [0.25, 0.3) is 0 Å². The van der Waals surface area contributed by atoms with Crippen LogP contribution in [-0.4, -0.2) is 28.6 Å². The first kappa shape index (κ1) is 17.0. The molecule has 1 saturated carbocycles. The molecule has 144 valence electrons. The Morgan fingerprint density at radius 3 is 2.75 bits per heavy atom. The molecule has 0 aromatic carbocycles. The van der Waals surface area contributed by atoms with Crippen molar-refractivity contribution in [2.45, 2.75) is 44.8 Å². The number of nitrogens with one attached hydrogen (secondary N) is 1. The van der Waals surface area contributed by atoms with Gasteiger partial charge in [0.2, 0.25) is 5.88 Å². The third-order valence-corrected chi connectivity index (χ3v) is 5.47. The first-order valence-electron chi connectivity index (χ1n) is 9.49. The first-order chi connectivity index (χ1) is 13.4. The highest BCUT2D eigenvalue weighted by Crippen LogP contribution is 2.44. The molecular formula is C21H21N3O4. The van der Waals surface area contributed by atoms with Gasteiger partial charge in [-0.2, -0.15) is 0 Å². The van der Waals surface area contributed by atoms with E-state index in [-0.39, 0.29) is 12.0 Å². The molecule has 7 heteroatoms. The van der Waals surface area contributed by atoms with Crippen molar-refractivity contribution >= 4 is 17.6 Å². The van der Waals surface area contributed by atoms with Crippen LogP contribution in [0.4, 0.5) is 10.5 Å². The van der Waals surface area contributed by atoms with E-state index in [0.717, 1.165) is 17.1 Å². The molecule has 1 N–H and O–H groups in total. The normalized spacial score (nSPS) is 25.4. The Hall–Kier alpha value is -3.09. The number of hydrogen-bond donors (Lipinski definition) is 1. The lowest BCUT2D eigenvalue weighted by molar-refractivity contribution is -0.121. The summed E-state index contributed by atoms with van der Waals surface area (Å²) in [6.07, 6.45) is 10.7. The van der Waals surface area contributed by atoms with Gasteiger partial charge in [0.05, 0.1) is 18.1 Å². The zero-order valence-electron chi connectivity index (χ0n) is 15.8. The fourth-order valence-electron chi connectivity index (χ4n) is 3.75. The number of fused-ring (bicyclic) bond motifs is 1. The number of carbonyl (C=O) groups excluding carboxylic acids is 2. The van der Waals surface area contributed by atoms with Crippen LogP contribution < -0.4 is 15.0 Å². The highest BCUT2D eigenvalue weighted by Gasteiger charge is 2.45. The van der Waals surface area contributed by atoms with Crippen molar-refractivity contribution in [1.82, 2.24) is 10.3 Å². The Bertz CT molecular complexity index is 954. The molecule has 1 aromatic heterocycles. The van der Waals surface area contributed by atoms with Gasteiger partial charge in [0.1, 0.15) is 17.4 Å². The third-order valence-electron chi connectivity index (χ3n) is 5.47. The number of nitrogens with zero attached hydrogens (tertiary/aromatic N) is 2. The average molecular weight is 379 g/mol. The van der Waals surface area contributed by atoms with E-state index in [1.165, 1.54) is 30.2 Å². The quantitative estimate of drug-likeness (QED) is 0.813. The summed E-state index contributed by atoms with van der Waals surface area (Å²) in [5.41, 5.74) is 1.92. The molecule has 0 spiro atoms. The number of aromatic nitrogens is 1. The predicted molar refractivity (Wildman–Crippen MR) is 101 cm³/mol. The highest BCUT2D eigenvalue weighted by molar-refractivity contribution is 6.22. The lowest BCUT2D eigenvalue weighted by Gasteiger charge is -2.18. The molecule has 1 saturated heterocycles. The Kier molecular flexibility index (Phi) is 3.62. The summed E-state index contributed by atoms with van der Waals surface area (Å²) >= 11 is 0. The van der Waals surface area contributed by atoms with Crippen LogP contribution in [-0.2, 0) is 9.53 Å². The number of ether oxygens (including phenoxy) is 2. The molecule has 1 atom stereocenters. The second-order valence-electron chi connectivity index (χ2n) is 8.10. The van der Waals surface area contributed by atoms with E-state index >= 15 is 0 Å². The Morgan fingerprint density at radius 1 is 1.29 bits per heavy atom. The van der Waals surface area contributed by atoms with Crippen LogP contribution in [0.1, 0.15) is 33.1 Å². The number of amides is 3. The fourth-order valence-corrected chi connectivity index (χ4v) is 3.75. The molecule has 3 amide bonds. The van der Waals surface area contributed by atoms with Crippen LogP contribution in [0.2, 0.25) is 0 Å². The number of hydrogen-bond acceptors (Lipinski definition) is 5. The van der Waals surface area contributed by atoms with Gasteiger partial charge in [0, 0.05) is 17.6 Å². The van der Waals surface area contributed by atoms with Crippen molar-refractivity contribution in [2.24, 2.45) is 5.92 Å². The standard InChI is InChI=1S/C21H21N3O4/c1-21(2)19(25)24(20(26)23-21)14-6-8-17(22-10-14)28-15-7-5-13-11-27-18(12-3-4-12)16(13)9-15/h6-12,18H,3-5H2,1-2H3,(H,23,26). The predicted octanol–water partition coefficient (Wildman–Crippen LogP) is 3.20. The van der Waals surface area contributed by atoms with E-state index < -0.39 is 11.6 Å². The van der Waals surface area contributed by atoms with Crippen LogP contribution >= 0.6 is 0 Å². The lowest BCUT2D eigenvalue weighted by atomic mass is 9.93. The second kappa shape index (κ2) is 5.95. The van der Waals surface area contributed by atoms with Gasteiger partial charge in [-0.05, 0) is 56.9 Å². The van der Waals surface area contributed by atoms with Crippen LogP contribution in [0.15, 0.2) is 53.6 Å². The van der Waals surface area contributed by atoms with Gasteiger partial charge in [0.15, 0.2) is 0 Å². The topological polar surface area (TPSA) is 80.8 Å². The number of anilines is 1. The Labute approximate surface area is 162 Å². The van der Waals surface area contributed by atoms with Crippen molar-refractivity contribution in [3.63, 3.8) is 0 Å². The largest absolute Gasteiger partial charge is 0.493 e. The average Bonchev–Trinajstić information content (AvgIpc) is 3.37. The summed E-state index contributed by atoms with van der Waals surface area (Å²) < 4.78 is 11.7. The van der Waals surface area contributed by atoms with Gasteiger partial charge in [-0.1, -0.05) is 0 Å². The van der Waals surface area contributed by atoms with Gasteiger partial charge < -0.3 is 14.8 Å². The maximum Gasteiger partial charge on any atom is 0.329 e. The summed E-state index contributed by atoms with van der Waals surface area (Å²) in [6.45, 7) is 3.34. The number of carbonyl (C=O) groups is 2. The Morgan fingerprint density at radius 2 is 2.11 bits per heavy atom. The molecular weight excluding hydrogens is 358 g/mol. The molecule has 1 unspecified atom stereocenters. The number of pyridine rings is 1. The molecule has 3 heterocycles. The highest BCUT2D eigenvalue weighted by atomic mass is 16.5.